The molecule has 22 heavy (non-hydrogen) atoms. The molecule has 0 aromatic carbocycles. The lowest BCUT2D eigenvalue weighted by Gasteiger charge is -2.08. The molecule has 0 aromatic rings. The second-order valence-electron chi connectivity index (χ2n) is 7.18. The van der Waals surface area contributed by atoms with Crippen LogP contribution in [-0.2, 0) is 9.47 Å². The van der Waals surface area contributed by atoms with Crippen LogP contribution in [0.5, 0.6) is 0 Å². The van der Waals surface area contributed by atoms with Crippen molar-refractivity contribution in [2.24, 2.45) is 11.8 Å². The Morgan fingerprint density at radius 3 is 1.55 bits per heavy atom. The van der Waals surface area contributed by atoms with Crippen LogP contribution in [0.3, 0.4) is 0 Å². The molecule has 0 aliphatic heterocycles. The summed E-state index contributed by atoms with van der Waals surface area (Å²) in [6.45, 7) is 12.9. The Kier molecular flexibility index (Phi) is 17.2. The highest BCUT2D eigenvalue weighted by molar-refractivity contribution is 4.50. The van der Waals surface area contributed by atoms with Crippen molar-refractivity contribution in [2.75, 3.05) is 26.4 Å². The fraction of sp³-hybridized carbons (Fsp3) is 1.00. The van der Waals surface area contributed by atoms with Gasteiger partial charge in [0.05, 0.1) is 0 Å². The maximum atomic E-state index is 5.70. The van der Waals surface area contributed by atoms with Crippen LogP contribution in [-0.4, -0.2) is 26.4 Å². The van der Waals surface area contributed by atoms with Gasteiger partial charge in [0.2, 0.25) is 0 Å². The van der Waals surface area contributed by atoms with Crippen LogP contribution < -0.4 is 0 Å². The van der Waals surface area contributed by atoms with Gasteiger partial charge in [-0.2, -0.15) is 0 Å². The summed E-state index contributed by atoms with van der Waals surface area (Å²) < 4.78 is 11.4. The van der Waals surface area contributed by atoms with Crippen LogP contribution in [0.1, 0.15) is 91.9 Å². The van der Waals surface area contributed by atoms with Gasteiger partial charge in [0.25, 0.3) is 0 Å². The quantitative estimate of drug-likeness (QED) is 0.296. The molecule has 0 amide bonds. The van der Waals surface area contributed by atoms with Crippen LogP contribution >= 0.6 is 0 Å². The summed E-state index contributed by atoms with van der Waals surface area (Å²) in [5.74, 6) is 1.66. The molecule has 0 N–H and O–H groups in total. The minimum Gasteiger partial charge on any atom is -0.381 e. The molecule has 0 saturated heterocycles. The van der Waals surface area contributed by atoms with Gasteiger partial charge in [-0.25, -0.2) is 0 Å². The van der Waals surface area contributed by atoms with E-state index in [1.807, 2.05) is 0 Å². The van der Waals surface area contributed by atoms with Crippen molar-refractivity contribution in [3.8, 4) is 0 Å². The molecule has 1 atom stereocenters. The van der Waals surface area contributed by atoms with E-state index in [-0.39, 0.29) is 0 Å². The predicted molar refractivity (Wildman–Crippen MR) is 97.5 cm³/mol. The molecule has 0 spiro atoms. The number of hydrogen-bond donors (Lipinski definition) is 0. The van der Waals surface area contributed by atoms with Crippen molar-refractivity contribution >= 4 is 0 Å². The van der Waals surface area contributed by atoms with Crippen molar-refractivity contribution in [3.63, 3.8) is 0 Å². The molecular weight excluding hydrogens is 272 g/mol. The highest BCUT2D eigenvalue weighted by Crippen LogP contribution is 2.09. The molecule has 134 valence electrons. The second kappa shape index (κ2) is 17.3. The van der Waals surface area contributed by atoms with Crippen LogP contribution in [0.2, 0.25) is 0 Å². The Balaban J connectivity index is 3.00. The molecule has 0 radical (unpaired) electrons. The average Bonchev–Trinajstić information content (AvgIpc) is 2.50. The van der Waals surface area contributed by atoms with Gasteiger partial charge < -0.3 is 9.47 Å². The lowest BCUT2D eigenvalue weighted by atomic mass is 10.0. The lowest BCUT2D eigenvalue weighted by molar-refractivity contribution is 0.119. The van der Waals surface area contributed by atoms with E-state index in [1.54, 1.807) is 0 Å². The Morgan fingerprint density at radius 1 is 0.591 bits per heavy atom. The predicted octanol–water partition coefficient (Wildman–Crippen LogP) is 6.23. The zero-order valence-corrected chi connectivity index (χ0v) is 15.9. The molecule has 0 fully saturated rings. The van der Waals surface area contributed by atoms with Crippen molar-refractivity contribution in [3.05, 3.63) is 0 Å². The summed E-state index contributed by atoms with van der Waals surface area (Å²) in [7, 11) is 0. The maximum absolute atomic E-state index is 5.70. The van der Waals surface area contributed by atoms with Crippen LogP contribution in [0.15, 0.2) is 0 Å². The zero-order chi connectivity index (χ0) is 16.5. The van der Waals surface area contributed by atoms with Crippen molar-refractivity contribution in [2.45, 2.75) is 91.9 Å². The average molecular weight is 315 g/mol. The standard InChI is InChI=1S/C20H42O2/c1-5-20(4)14-12-18-22-16-10-8-6-7-9-15-21-17-11-13-19(2)3/h19-20H,5-18H2,1-4H3. The molecule has 0 saturated carbocycles. The van der Waals surface area contributed by atoms with Crippen molar-refractivity contribution in [1.29, 1.82) is 0 Å². The van der Waals surface area contributed by atoms with E-state index >= 15 is 0 Å². The summed E-state index contributed by atoms with van der Waals surface area (Å²) in [6, 6.07) is 0. The number of ether oxygens (including phenoxy) is 2. The van der Waals surface area contributed by atoms with E-state index in [2.05, 4.69) is 27.7 Å². The van der Waals surface area contributed by atoms with Crippen LogP contribution in [0.4, 0.5) is 0 Å². The van der Waals surface area contributed by atoms with Gasteiger partial charge in [-0.1, -0.05) is 53.4 Å². The third kappa shape index (κ3) is 18.0. The molecule has 2 nitrogen and oxygen atoms in total. The first-order chi connectivity index (χ1) is 10.7. The topological polar surface area (TPSA) is 18.5 Å². The lowest BCUT2D eigenvalue weighted by Crippen LogP contribution is -2.00. The molecule has 0 aliphatic rings. The van der Waals surface area contributed by atoms with E-state index < -0.39 is 0 Å². The minimum atomic E-state index is 0.806. The van der Waals surface area contributed by atoms with Crippen molar-refractivity contribution < 1.29 is 9.47 Å². The zero-order valence-electron chi connectivity index (χ0n) is 15.9. The SMILES string of the molecule is CCC(C)CCCOCCCCCCCOCCCC(C)C. The fourth-order valence-corrected chi connectivity index (χ4v) is 2.47. The van der Waals surface area contributed by atoms with Crippen LogP contribution in [0.25, 0.3) is 0 Å². The third-order valence-electron chi connectivity index (χ3n) is 4.33. The summed E-state index contributed by atoms with van der Waals surface area (Å²) >= 11 is 0. The van der Waals surface area contributed by atoms with E-state index in [1.165, 1.54) is 64.2 Å². The summed E-state index contributed by atoms with van der Waals surface area (Å²) in [5.41, 5.74) is 0. The smallest absolute Gasteiger partial charge is 0.0466 e. The van der Waals surface area contributed by atoms with E-state index in [0.717, 1.165) is 38.3 Å². The number of rotatable bonds is 17. The molecule has 0 rings (SSSR count). The minimum absolute atomic E-state index is 0.806. The van der Waals surface area contributed by atoms with Gasteiger partial charge in [0.15, 0.2) is 0 Å². The Morgan fingerprint density at radius 2 is 1.05 bits per heavy atom. The summed E-state index contributed by atoms with van der Waals surface area (Å²) in [4.78, 5) is 0. The summed E-state index contributed by atoms with van der Waals surface area (Å²) in [6.07, 6.45) is 12.7. The molecule has 2 heteroatoms. The first-order valence-electron chi connectivity index (χ1n) is 9.82. The molecule has 0 aromatic heterocycles. The van der Waals surface area contributed by atoms with Crippen molar-refractivity contribution in [1.82, 2.24) is 0 Å². The Bertz CT molecular complexity index is 204. The third-order valence-corrected chi connectivity index (χ3v) is 4.33. The largest absolute Gasteiger partial charge is 0.381 e. The molecule has 0 bridgehead atoms. The van der Waals surface area contributed by atoms with Gasteiger partial charge in [0.1, 0.15) is 0 Å². The first-order valence-corrected chi connectivity index (χ1v) is 9.82. The number of hydrogen-bond acceptors (Lipinski definition) is 2. The second-order valence-corrected chi connectivity index (χ2v) is 7.18. The number of unbranched alkanes of at least 4 members (excludes halogenated alkanes) is 4. The van der Waals surface area contributed by atoms with Gasteiger partial charge in [-0.15, -0.1) is 0 Å². The normalized spacial score (nSPS) is 13.0. The van der Waals surface area contributed by atoms with Gasteiger partial charge in [-0.3, -0.25) is 0 Å². The molecular formula is C20H42O2. The molecule has 0 aliphatic carbocycles. The van der Waals surface area contributed by atoms with E-state index in [0.29, 0.717) is 0 Å². The summed E-state index contributed by atoms with van der Waals surface area (Å²) in [5, 5.41) is 0. The Labute approximate surface area is 140 Å². The van der Waals surface area contributed by atoms with E-state index in [9.17, 15) is 0 Å². The van der Waals surface area contributed by atoms with E-state index in [4.69, 9.17) is 9.47 Å². The maximum Gasteiger partial charge on any atom is 0.0466 e. The van der Waals surface area contributed by atoms with Gasteiger partial charge >= 0.3 is 0 Å². The molecule has 1 unspecified atom stereocenters. The van der Waals surface area contributed by atoms with Crippen LogP contribution in [0, 0.1) is 11.8 Å². The molecule has 0 heterocycles. The monoisotopic (exact) mass is 314 g/mol. The highest BCUT2D eigenvalue weighted by atomic mass is 16.5. The van der Waals surface area contributed by atoms with Gasteiger partial charge in [-0.05, 0) is 50.4 Å². The Hall–Kier alpha value is -0.0800. The highest BCUT2D eigenvalue weighted by Gasteiger charge is 1.98. The fourth-order valence-electron chi connectivity index (χ4n) is 2.47. The van der Waals surface area contributed by atoms with Gasteiger partial charge in [0, 0.05) is 26.4 Å². The first kappa shape index (κ1) is 21.9.